The van der Waals surface area contributed by atoms with E-state index in [9.17, 15) is 9.18 Å². The summed E-state index contributed by atoms with van der Waals surface area (Å²) in [6.45, 7) is 1.41. The van der Waals surface area contributed by atoms with Crippen molar-refractivity contribution >= 4 is 17.1 Å². The number of nitrogens with zero attached hydrogens (tertiary/aromatic N) is 3. The van der Waals surface area contributed by atoms with Crippen LogP contribution >= 0.6 is 0 Å². The Balaban J connectivity index is 1.51. The zero-order valence-electron chi connectivity index (χ0n) is 11.6. The van der Waals surface area contributed by atoms with Crippen LogP contribution in [0.5, 0.6) is 0 Å². The zero-order valence-corrected chi connectivity index (χ0v) is 11.6. The van der Waals surface area contributed by atoms with Gasteiger partial charge in [-0.25, -0.2) is 14.3 Å². The first-order chi connectivity index (χ1) is 10.7. The van der Waals surface area contributed by atoms with Gasteiger partial charge in [-0.1, -0.05) is 0 Å². The van der Waals surface area contributed by atoms with Gasteiger partial charge in [0.05, 0.1) is 0 Å². The average Bonchev–Trinajstić information content (AvgIpc) is 3.13. The molecule has 3 aromatic rings. The molecule has 1 aromatic carbocycles. The summed E-state index contributed by atoms with van der Waals surface area (Å²) in [4.78, 5) is 17.3. The van der Waals surface area contributed by atoms with Crippen LogP contribution in [-0.4, -0.2) is 28.3 Å². The molecule has 8 heteroatoms. The van der Waals surface area contributed by atoms with E-state index in [0.29, 0.717) is 36.1 Å². The van der Waals surface area contributed by atoms with Crippen molar-refractivity contribution in [3.05, 3.63) is 40.5 Å². The average molecular weight is 304 g/mol. The third-order valence-corrected chi connectivity index (χ3v) is 3.91. The number of benzene rings is 1. The Hall–Kier alpha value is -2.64. The van der Waals surface area contributed by atoms with Gasteiger partial charge in [-0.15, -0.1) is 5.10 Å². The van der Waals surface area contributed by atoms with E-state index in [1.165, 1.54) is 12.1 Å². The minimum absolute atomic E-state index is 0.108. The van der Waals surface area contributed by atoms with Crippen LogP contribution in [0, 0.1) is 5.82 Å². The molecule has 2 aromatic heterocycles. The molecule has 0 saturated carbocycles. The number of aromatic nitrogens is 3. The van der Waals surface area contributed by atoms with Crippen LogP contribution in [0.1, 0.15) is 24.7 Å². The molecule has 4 rings (SSSR count). The summed E-state index contributed by atoms with van der Waals surface area (Å²) in [5.74, 6) is -0.306. The number of hydrogen-bond donors (Lipinski definition) is 1. The van der Waals surface area contributed by atoms with E-state index >= 15 is 0 Å². The molecule has 0 unspecified atom stereocenters. The maximum absolute atomic E-state index is 13.2. The van der Waals surface area contributed by atoms with Crippen molar-refractivity contribution in [2.24, 2.45) is 0 Å². The fourth-order valence-corrected chi connectivity index (χ4v) is 2.76. The molecule has 1 aliphatic rings. The minimum atomic E-state index is -0.529. The molecule has 114 valence electrons. The van der Waals surface area contributed by atoms with E-state index < -0.39 is 5.76 Å². The Morgan fingerprint density at radius 3 is 2.82 bits per heavy atom. The Kier molecular flexibility index (Phi) is 2.95. The molecule has 1 aliphatic heterocycles. The van der Waals surface area contributed by atoms with Gasteiger partial charge in [0.25, 0.3) is 6.01 Å². The molecule has 7 nitrogen and oxygen atoms in total. The number of halogens is 1. The van der Waals surface area contributed by atoms with Crippen LogP contribution in [0.3, 0.4) is 0 Å². The van der Waals surface area contributed by atoms with E-state index in [1.807, 2.05) is 4.90 Å². The van der Waals surface area contributed by atoms with Gasteiger partial charge < -0.3 is 13.7 Å². The monoisotopic (exact) mass is 304 g/mol. The lowest BCUT2D eigenvalue weighted by Crippen LogP contribution is -2.33. The first kappa shape index (κ1) is 13.1. The lowest BCUT2D eigenvalue weighted by atomic mass is 9.97. The van der Waals surface area contributed by atoms with Crippen molar-refractivity contribution in [2.45, 2.75) is 18.8 Å². The van der Waals surface area contributed by atoms with Crippen LogP contribution in [0.25, 0.3) is 11.1 Å². The first-order valence-electron chi connectivity index (χ1n) is 7.05. The Morgan fingerprint density at radius 2 is 2.09 bits per heavy atom. The van der Waals surface area contributed by atoms with E-state index in [4.69, 9.17) is 8.83 Å². The highest BCUT2D eigenvalue weighted by Gasteiger charge is 2.26. The van der Waals surface area contributed by atoms with Gasteiger partial charge in [0.15, 0.2) is 5.58 Å². The third-order valence-electron chi connectivity index (χ3n) is 3.91. The normalized spacial score (nSPS) is 16.5. The van der Waals surface area contributed by atoms with Crippen molar-refractivity contribution in [2.75, 3.05) is 18.0 Å². The maximum atomic E-state index is 13.2. The number of fused-ring (bicyclic) bond motifs is 1. The Labute approximate surface area is 123 Å². The molecule has 0 amide bonds. The van der Waals surface area contributed by atoms with Crippen molar-refractivity contribution in [3.63, 3.8) is 0 Å². The summed E-state index contributed by atoms with van der Waals surface area (Å²) in [7, 11) is 0. The van der Waals surface area contributed by atoms with E-state index in [-0.39, 0.29) is 11.7 Å². The molecule has 22 heavy (non-hydrogen) atoms. The topological polar surface area (TPSA) is 88.2 Å². The maximum Gasteiger partial charge on any atom is 0.434 e. The summed E-state index contributed by atoms with van der Waals surface area (Å²) < 4.78 is 23.9. The van der Waals surface area contributed by atoms with Gasteiger partial charge >= 0.3 is 5.76 Å². The number of hydrogen-bond acceptors (Lipinski definition) is 6. The Bertz CT molecular complexity index is 860. The summed E-state index contributed by atoms with van der Waals surface area (Å²) >= 11 is 0. The van der Waals surface area contributed by atoms with Crippen molar-refractivity contribution in [1.29, 1.82) is 0 Å². The van der Waals surface area contributed by atoms with Crippen molar-refractivity contribution in [1.82, 2.24) is 15.2 Å². The largest absolute Gasteiger partial charge is 0.434 e. The quantitative estimate of drug-likeness (QED) is 0.779. The van der Waals surface area contributed by atoms with Crippen LogP contribution < -0.4 is 10.7 Å². The molecule has 1 fully saturated rings. The summed E-state index contributed by atoms with van der Waals surface area (Å²) in [5.41, 5.74) is 1.08. The summed E-state index contributed by atoms with van der Waals surface area (Å²) in [6, 6.07) is 4.77. The van der Waals surface area contributed by atoms with Gasteiger partial charge in [0, 0.05) is 25.1 Å². The SMILES string of the molecule is O=c1[nH]nc(C2CCN(c3nc4cc(F)ccc4o3)CC2)o1. The second kappa shape index (κ2) is 4.97. The second-order valence-electron chi connectivity index (χ2n) is 5.32. The first-order valence-corrected chi connectivity index (χ1v) is 7.05. The number of H-pyrrole nitrogens is 1. The Morgan fingerprint density at radius 1 is 1.27 bits per heavy atom. The fraction of sp³-hybridized carbons (Fsp3) is 0.357. The number of oxazole rings is 1. The fourth-order valence-electron chi connectivity index (χ4n) is 2.76. The van der Waals surface area contributed by atoms with Crippen molar-refractivity contribution in [3.8, 4) is 0 Å². The van der Waals surface area contributed by atoms with Gasteiger partial charge in [-0.3, -0.25) is 0 Å². The van der Waals surface area contributed by atoms with Crippen LogP contribution in [0.4, 0.5) is 10.4 Å². The standard InChI is InChI=1S/C14H13FN4O3/c15-9-1-2-11-10(7-9)16-13(21-11)19-5-3-8(4-6-19)12-17-18-14(20)22-12/h1-2,7-8H,3-6H2,(H,18,20). The molecule has 0 aliphatic carbocycles. The number of piperidine rings is 1. The molecule has 1 saturated heterocycles. The third kappa shape index (κ3) is 2.26. The summed E-state index contributed by atoms with van der Waals surface area (Å²) in [5, 5.41) is 6.16. The van der Waals surface area contributed by atoms with Gasteiger partial charge in [0.1, 0.15) is 11.3 Å². The molecule has 0 bridgehead atoms. The van der Waals surface area contributed by atoms with E-state index in [1.54, 1.807) is 6.07 Å². The van der Waals surface area contributed by atoms with Gasteiger partial charge in [0.2, 0.25) is 5.89 Å². The van der Waals surface area contributed by atoms with Crippen molar-refractivity contribution < 1.29 is 13.2 Å². The van der Waals surface area contributed by atoms with Crippen LogP contribution in [0.2, 0.25) is 0 Å². The molecule has 0 spiro atoms. The summed E-state index contributed by atoms with van der Waals surface area (Å²) in [6.07, 6.45) is 1.56. The highest BCUT2D eigenvalue weighted by molar-refractivity contribution is 5.74. The highest BCUT2D eigenvalue weighted by Crippen LogP contribution is 2.30. The molecule has 3 heterocycles. The highest BCUT2D eigenvalue weighted by atomic mass is 19.1. The molecular formula is C14H13FN4O3. The minimum Gasteiger partial charge on any atom is -0.423 e. The molecule has 0 atom stereocenters. The smallest absolute Gasteiger partial charge is 0.423 e. The van der Waals surface area contributed by atoms with Crippen LogP contribution in [0.15, 0.2) is 31.8 Å². The molecule has 1 N–H and O–H groups in total. The number of aromatic amines is 1. The predicted octanol–water partition coefficient (Wildman–Crippen LogP) is 2.03. The van der Waals surface area contributed by atoms with E-state index in [2.05, 4.69) is 15.2 Å². The van der Waals surface area contributed by atoms with Gasteiger partial charge in [-0.05, 0) is 25.0 Å². The molecular weight excluding hydrogens is 291 g/mol. The second-order valence-corrected chi connectivity index (χ2v) is 5.32. The van der Waals surface area contributed by atoms with Gasteiger partial charge in [-0.2, -0.15) is 4.98 Å². The molecule has 0 radical (unpaired) electrons. The van der Waals surface area contributed by atoms with E-state index in [0.717, 1.165) is 12.8 Å². The van der Waals surface area contributed by atoms with Crippen LogP contribution in [-0.2, 0) is 0 Å². The zero-order chi connectivity index (χ0) is 15.1. The number of anilines is 1. The lowest BCUT2D eigenvalue weighted by molar-refractivity contribution is 0.373. The number of nitrogens with one attached hydrogen (secondary N) is 1. The number of rotatable bonds is 2. The predicted molar refractivity (Wildman–Crippen MR) is 75.3 cm³/mol. The lowest BCUT2D eigenvalue weighted by Gasteiger charge is -2.28.